The Balaban J connectivity index is 1.49. The maximum absolute atomic E-state index is 13.0. The van der Waals surface area contributed by atoms with Crippen molar-refractivity contribution in [3.05, 3.63) is 82.2 Å². The number of thiophene rings is 1. The Hall–Kier alpha value is -3.91. The number of guanidine groups is 1. The SMILES string of the molecule is CN=C(N)Nc1cc(NC(=O)c2sccc2NCc2ccnc3ccccc23)ccc1C. The third kappa shape index (κ3) is 4.70. The van der Waals surface area contributed by atoms with E-state index in [-0.39, 0.29) is 5.91 Å². The number of hydrogen-bond donors (Lipinski definition) is 4. The third-order valence-corrected chi connectivity index (χ3v) is 5.99. The number of anilines is 3. The number of fused-ring (bicyclic) bond motifs is 1. The highest BCUT2D eigenvalue weighted by molar-refractivity contribution is 7.12. The Morgan fingerprint density at radius 2 is 1.94 bits per heavy atom. The number of aryl methyl sites for hydroxylation is 1. The molecule has 162 valence electrons. The number of hydrogen-bond acceptors (Lipinski definition) is 5. The van der Waals surface area contributed by atoms with Crippen LogP contribution in [0.2, 0.25) is 0 Å². The zero-order chi connectivity index (χ0) is 22.5. The van der Waals surface area contributed by atoms with Crippen LogP contribution in [-0.2, 0) is 6.54 Å². The topological polar surface area (TPSA) is 104 Å². The average Bonchev–Trinajstić information content (AvgIpc) is 3.28. The first-order valence-electron chi connectivity index (χ1n) is 10.1. The van der Waals surface area contributed by atoms with Gasteiger partial charge in [0, 0.05) is 36.6 Å². The van der Waals surface area contributed by atoms with Crippen LogP contribution in [0.3, 0.4) is 0 Å². The number of nitrogens with two attached hydrogens (primary N) is 1. The average molecular weight is 445 g/mol. The van der Waals surface area contributed by atoms with Crippen LogP contribution in [0.1, 0.15) is 20.8 Å². The summed E-state index contributed by atoms with van der Waals surface area (Å²) in [5.74, 6) is 0.138. The van der Waals surface area contributed by atoms with Crippen molar-refractivity contribution in [2.75, 3.05) is 23.0 Å². The van der Waals surface area contributed by atoms with Crippen molar-refractivity contribution in [1.29, 1.82) is 0 Å². The molecular formula is C24H24N6OS. The van der Waals surface area contributed by atoms with Gasteiger partial charge in [-0.3, -0.25) is 14.8 Å². The lowest BCUT2D eigenvalue weighted by Crippen LogP contribution is -2.22. The molecule has 5 N–H and O–H groups in total. The van der Waals surface area contributed by atoms with Crippen LogP contribution in [0.4, 0.5) is 17.1 Å². The van der Waals surface area contributed by atoms with Crippen molar-refractivity contribution < 1.29 is 4.79 Å². The number of carbonyl (C=O) groups excluding carboxylic acids is 1. The molecule has 1 amide bonds. The maximum Gasteiger partial charge on any atom is 0.267 e. The number of pyridine rings is 1. The summed E-state index contributed by atoms with van der Waals surface area (Å²) in [4.78, 5) is 21.9. The van der Waals surface area contributed by atoms with E-state index in [4.69, 9.17) is 5.73 Å². The van der Waals surface area contributed by atoms with Crippen LogP contribution >= 0.6 is 11.3 Å². The van der Waals surface area contributed by atoms with Gasteiger partial charge in [-0.2, -0.15) is 0 Å². The smallest absolute Gasteiger partial charge is 0.267 e. The van der Waals surface area contributed by atoms with E-state index in [1.165, 1.54) is 11.3 Å². The van der Waals surface area contributed by atoms with Crippen LogP contribution in [0.15, 0.2) is 71.2 Å². The number of rotatable bonds is 6. The minimum absolute atomic E-state index is 0.172. The monoisotopic (exact) mass is 444 g/mol. The first-order valence-corrected chi connectivity index (χ1v) is 11.0. The van der Waals surface area contributed by atoms with Crippen molar-refractivity contribution in [3.8, 4) is 0 Å². The van der Waals surface area contributed by atoms with E-state index in [0.717, 1.165) is 33.4 Å². The van der Waals surface area contributed by atoms with Gasteiger partial charge in [-0.15, -0.1) is 11.3 Å². The summed E-state index contributed by atoms with van der Waals surface area (Å²) in [6, 6.07) is 17.6. The fourth-order valence-electron chi connectivity index (χ4n) is 3.34. The highest BCUT2D eigenvalue weighted by Gasteiger charge is 2.14. The summed E-state index contributed by atoms with van der Waals surface area (Å²) in [5, 5.41) is 12.4. The van der Waals surface area contributed by atoms with E-state index in [0.29, 0.717) is 23.1 Å². The predicted octanol–water partition coefficient (Wildman–Crippen LogP) is 4.83. The largest absolute Gasteiger partial charge is 0.380 e. The first kappa shape index (κ1) is 21.3. The number of aromatic nitrogens is 1. The number of nitrogens with zero attached hydrogens (tertiary/aromatic N) is 2. The van der Waals surface area contributed by atoms with Crippen molar-refractivity contribution >= 4 is 51.2 Å². The molecule has 4 rings (SSSR count). The van der Waals surface area contributed by atoms with Crippen molar-refractivity contribution in [3.63, 3.8) is 0 Å². The van der Waals surface area contributed by atoms with Gasteiger partial charge in [0.1, 0.15) is 4.88 Å². The second-order valence-corrected chi connectivity index (χ2v) is 8.14. The van der Waals surface area contributed by atoms with Crippen LogP contribution < -0.4 is 21.7 Å². The second-order valence-electron chi connectivity index (χ2n) is 7.22. The molecule has 4 aromatic rings. The summed E-state index contributed by atoms with van der Waals surface area (Å²) in [6.07, 6.45) is 1.81. The number of aliphatic imine (C=N–C) groups is 1. The normalized spacial score (nSPS) is 11.4. The van der Waals surface area contributed by atoms with Crippen LogP contribution in [-0.4, -0.2) is 23.9 Å². The van der Waals surface area contributed by atoms with Crippen molar-refractivity contribution in [1.82, 2.24) is 4.98 Å². The van der Waals surface area contributed by atoms with E-state index in [2.05, 4.69) is 32.0 Å². The molecule has 0 aliphatic heterocycles. The molecule has 2 heterocycles. The number of nitrogens with one attached hydrogen (secondary N) is 3. The fourth-order valence-corrected chi connectivity index (χ4v) is 4.11. The van der Waals surface area contributed by atoms with Crippen LogP contribution in [0, 0.1) is 6.92 Å². The quantitative estimate of drug-likeness (QED) is 0.252. The zero-order valence-corrected chi connectivity index (χ0v) is 18.7. The Bertz CT molecular complexity index is 1290. The Morgan fingerprint density at radius 3 is 2.78 bits per heavy atom. The van der Waals surface area contributed by atoms with Gasteiger partial charge < -0.3 is 21.7 Å². The van der Waals surface area contributed by atoms with E-state index in [9.17, 15) is 4.79 Å². The lowest BCUT2D eigenvalue weighted by Gasteiger charge is -2.13. The summed E-state index contributed by atoms with van der Waals surface area (Å²) in [6.45, 7) is 2.55. The maximum atomic E-state index is 13.0. The number of benzene rings is 2. The van der Waals surface area contributed by atoms with Gasteiger partial charge in [-0.1, -0.05) is 24.3 Å². The highest BCUT2D eigenvalue weighted by Crippen LogP contribution is 2.27. The van der Waals surface area contributed by atoms with Gasteiger partial charge in [0.2, 0.25) is 0 Å². The standard InChI is InChI=1S/C24H24N6OS/c1-15-7-8-17(13-21(15)30-24(25)26-2)29-23(31)22-20(10-12-32-22)28-14-16-9-11-27-19-6-4-3-5-18(16)19/h3-13,28H,14H2,1-2H3,(H,29,31)(H3,25,26,30). The molecule has 0 atom stereocenters. The second kappa shape index (κ2) is 9.49. The molecular weight excluding hydrogens is 420 g/mol. The summed E-state index contributed by atoms with van der Waals surface area (Å²) < 4.78 is 0. The van der Waals surface area contributed by atoms with Gasteiger partial charge in [0.15, 0.2) is 5.96 Å². The molecule has 0 fully saturated rings. The molecule has 0 saturated carbocycles. The Labute approximate surface area is 190 Å². The van der Waals surface area contributed by atoms with Crippen molar-refractivity contribution in [2.24, 2.45) is 10.7 Å². The summed E-state index contributed by atoms with van der Waals surface area (Å²) in [7, 11) is 1.61. The first-order chi connectivity index (χ1) is 15.5. The van der Waals surface area contributed by atoms with Gasteiger partial charge in [0.25, 0.3) is 5.91 Å². The molecule has 0 aliphatic rings. The molecule has 2 aromatic carbocycles. The molecule has 0 aliphatic carbocycles. The van der Waals surface area contributed by atoms with E-state index in [1.54, 1.807) is 13.2 Å². The minimum atomic E-state index is -0.172. The lowest BCUT2D eigenvalue weighted by molar-refractivity contribution is 0.103. The minimum Gasteiger partial charge on any atom is -0.380 e. The molecule has 32 heavy (non-hydrogen) atoms. The van der Waals surface area contributed by atoms with Gasteiger partial charge in [-0.25, -0.2) is 0 Å². The van der Waals surface area contributed by atoms with Crippen molar-refractivity contribution in [2.45, 2.75) is 13.5 Å². The molecule has 0 saturated heterocycles. The molecule has 0 radical (unpaired) electrons. The van der Waals surface area contributed by atoms with E-state index >= 15 is 0 Å². The number of para-hydroxylation sites is 1. The number of amides is 1. The zero-order valence-electron chi connectivity index (χ0n) is 17.8. The van der Waals surface area contributed by atoms with Crippen LogP contribution in [0.5, 0.6) is 0 Å². The lowest BCUT2D eigenvalue weighted by atomic mass is 10.1. The summed E-state index contributed by atoms with van der Waals surface area (Å²) >= 11 is 1.40. The molecule has 0 bridgehead atoms. The fraction of sp³-hybridized carbons (Fsp3) is 0.125. The Kier molecular flexibility index (Phi) is 6.32. The van der Waals surface area contributed by atoms with Gasteiger partial charge in [-0.05, 0) is 53.8 Å². The molecule has 2 aromatic heterocycles. The number of carbonyl (C=O) groups is 1. The highest BCUT2D eigenvalue weighted by atomic mass is 32.1. The van der Waals surface area contributed by atoms with Gasteiger partial charge in [0.05, 0.1) is 11.2 Å². The predicted molar refractivity (Wildman–Crippen MR) is 134 cm³/mol. The van der Waals surface area contributed by atoms with E-state index in [1.807, 2.05) is 60.8 Å². The summed E-state index contributed by atoms with van der Waals surface area (Å²) in [5.41, 5.74) is 11.1. The molecule has 7 nitrogen and oxygen atoms in total. The third-order valence-electron chi connectivity index (χ3n) is 5.08. The molecule has 0 spiro atoms. The van der Waals surface area contributed by atoms with Gasteiger partial charge >= 0.3 is 0 Å². The van der Waals surface area contributed by atoms with Crippen LogP contribution in [0.25, 0.3) is 10.9 Å². The molecule has 8 heteroatoms. The van der Waals surface area contributed by atoms with E-state index < -0.39 is 0 Å². The Morgan fingerprint density at radius 1 is 1.09 bits per heavy atom. The molecule has 0 unspecified atom stereocenters.